The number of rotatable bonds is 5. The lowest BCUT2D eigenvalue weighted by Crippen LogP contribution is -2.35. The number of hydrogen-bond donors (Lipinski definition) is 1. The fourth-order valence-electron chi connectivity index (χ4n) is 1.72. The SMILES string of the molecule is CCOC(=O)C(C)(CCO)c1ccc(F)c(F)c1. The molecule has 0 aliphatic carbocycles. The van der Waals surface area contributed by atoms with Crippen LogP contribution >= 0.6 is 0 Å². The molecule has 1 unspecified atom stereocenters. The normalized spacial score (nSPS) is 14.1. The summed E-state index contributed by atoms with van der Waals surface area (Å²) in [4.78, 5) is 11.9. The number of carbonyl (C=O) groups excluding carboxylic acids is 1. The van der Waals surface area contributed by atoms with Gasteiger partial charge in [0, 0.05) is 6.61 Å². The molecule has 0 aliphatic rings. The van der Waals surface area contributed by atoms with Crippen molar-refractivity contribution in [2.45, 2.75) is 25.7 Å². The van der Waals surface area contributed by atoms with Crippen LogP contribution in [0.15, 0.2) is 18.2 Å². The van der Waals surface area contributed by atoms with Gasteiger partial charge in [-0.15, -0.1) is 0 Å². The summed E-state index contributed by atoms with van der Waals surface area (Å²) in [5.41, 5.74) is -0.895. The molecule has 0 saturated carbocycles. The first-order valence-corrected chi connectivity index (χ1v) is 5.69. The summed E-state index contributed by atoms with van der Waals surface area (Å²) >= 11 is 0. The average molecular weight is 258 g/mol. The van der Waals surface area contributed by atoms with Gasteiger partial charge in [-0.3, -0.25) is 4.79 Å². The molecule has 0 bridgehead atoms. The van der Waals surface area contributed by atoms with E-state index < -0.39 is 23.0 Å². The van der Waals surface area contributed by atoms with Crippen molar-refractivity contribution in [2.24, 2.45) is 0 Å². The largest absolute Gasteiger partial charge is 0.465 e. The predicted molar refractivity (Wildman–Crippen MR) is 62.0 cm³/mol. The monoisotopic (exact) mass is 258 g/mol. The number of benzene rings is 1. The van der Waals surface area contributed by atoms with Gasteiger partial charge < -0.3 is 9.84 Å². The maximum Gasteiger partial charge on any atom is 0.316 e. The summed E-state index contributed by atoms with van der Waals surface area (Å²) in [6.45, 7) is 3.12. The zero-order chi connectivity index (χ0) is 13.8. The Morgan fingerprint density at radius 1 is 1.39 bits per heavy atom. The van der Waals surface area contributed by atoms with Crippen LogP contribution in [0.2, 0.25) is 0 Å². The summed E-state index contributed by atoms with van der Waals surface area (Å²) < 4.78 is 31.0. The Bertz CT molecular complexity index is 434. The second-order valence-electron chi connectivity index (χ2n) is 4.16. The molecule has 1 rings (SSSR count). The second kappa shape index (κ2) is 5.91. The van der Waals surface area contributed by atoms with E-state index in [-0.39, 0.29) is 25.2 Å². The Labute approximate surface area is 104 Å². The van der Waals surface area contributed by atoms with E-state index in [1.54, 1.807) is 6.92 Å². The van der Waals surface area contributed by atoms with E-state index >= 15 is 0 Å². The molecule has 18 heavy (non-hydrogen) atoms. The minimum atomic E-state index is -1.18. The lowest BCUT2D eigenvalue weighted by Gasteiger charge is -2.27. The Balaban J connectivity index is 3.17. The Morgan fingerprint density at radius 2 is 2.06 bits per heavy atom. The van der Waals surface area contributed by atoms with Crippen molar-refractivity contribution >= 4 is 5.97 Å². The Hall–Kier alpha value is -1.49. The molecule has 1 atom stereocenters. The van der Waals surface area contributed by atoms with Crippen molar-refractivity contribution < 1.29 is 23.4 Å². The van der Waals surface area contributed by atoms with Crippen molar-refractivity contribution in [3.8, 4) is 0 Å². The maximum atomic E-state index is 13.2. The molecule has 5 heteroatoms. The van der Waals surface area contributed by atoms with Crippen LogP contribution in [0.5, 0.6) is 0 Å². The topological polar surface area (TPSA) is 46.5 Å². The van der Waals surface area contributed by atoms with Gasteiger partial charge in [-0.05, 0) is 38.0 Å². The van der Waals surface area contributed by atoms with Crippen LogP contribution in [0, 0.1) is 11.6 Å². The van der Waals surface area contributed by atoms with Crippen molar-refractivity contribution in [3.63, 3.8) is 0 Å². The third-order valence-corrected chi connectivity index (χ3v) is 2.89. The van der Waals surface area contributed by atoms with E-state index in [4.69, 9.17) is 9.84 Å². The maximum absolute atomic E-state index is 13.2. The molecule has 0 saturated heterocycles. The fraction of sp³-hybridized carbons (Fsp3) is 0.462. The first kappa shape index (κ1) is 14.6. The summed E-state index contributed by atoms with van der Waals surface area (Å²) in [6, 6.07) is 3.24. The molecular weight excluding hydrogens is 242 g/mol. The number of aliphatic hydroxyl groups is 1. The van der Waals surface area contributed by atoms with Crippen LogP contribution in [-0.2, 0) is 14.9 Å². The highest BCUT2D eigenvalue weighted by molar-refractivity contribution is 5.82. The van der Waals surface area contributed by atoms with Crippen LogP contribution in [0.3, 0.4) is 0 Å². The van der Waals surface area contributed by atoms with E-state index in [2.05, 4.69) is 0 Å². The highest BCUT2D eigenvalue weighted by atomic mass is 19.2. The standard InChI is InChI=1S/C13H16F2O3/c1-3-18-12(17)13(2,6-7-16)9-4-5-10(14)11(15)8-9/h4-5,8,16H,3,6-7H2,1-2H3. The third kappa shape index (κ3) is 2.85. The number of aliphatic hydroxyl groups excluding tert-OH is 1. The second-order valence-corrected chi connectivity index (χ2v) is 4.16. The molecule has 100 valence electrons. The first-order valence-electron chi connectivity index (χ1n) is 5.69. The minimum absolute atomic E-state index is 0.0803. The molecule has 3 nitrogen and oxygen atoms in total. The number of esters is 1. The third-order valence-electron chi connectivity index (χ3n) is 2.89. The van der Waals surface area contributed by atoms with Crippen LogP contribution in [-0.4, -0.2) is 24.3 Å². The molecule has 1 aromatic carbocycles. The predicted octanol–water partition coefficient (Wildman–Crippen LogP) is 2.17. The van der Waals surface area contributed by atoms with Crippen molar-refractivity contribution in [2.75, 3.05) is 13.2 Å². The molecule has 1 aromatic rings. The van der Waals surface area contributed by atoms with E-state index in [9.17, 15) is 13.6 Å². The quantitative estimate of drug-likeness (QED) is 0.823. The molecule has 0 aromatic heterocycles. The molecule has 0 fully saturated rings. The van der Waals surface area contributed by atoms with Gasteiger partial charge in [-0.2, -0.15) is 0 Å². The lowest BCUT2D eigenvalue weighted by atomic mass is 9.79. The fourth-order valence-corrected chi connectivity index (χ4v) is 1.72. The average Bonchev–Trinajstić information content (AvgIpc) is 2.33. The zero-order valence-electron chi connectivity index (χ0n) is 10.4. The van der Waals surface area contributed by atoms with Crippen LogP contribution < -0.4 is 0 Å². The highest BCUT2D eigenvalue weighted by Gasteiger charge is 2.36. The summed E-state index contributed by atoms with van der Waals surface area (Å²) in [5.74, 6) is -2.57. The molecule has 0 aliphatic heterocycles. The molecule has 0 heterocycles. The lowest BCUT2D eigenvalue weighted by molar-refractivity contribution is -0.150. The smallest absolute Gasteiger partial charge is 0.316 e. The number of carbonyl (C=O) groups is 1. The van der Waals surface area contributed by atoms with E-state index in [1.807, 2.05) is 0 Å². The number of halogens is 2. The van der Waals surface area contributed by atoms with Gasteiger partial charge in [-0.25, -0.2) is 8.78 Å². The highest BCUT2D eigenvalue weighted by Crippen LogP contribution is 2.30. The Morgan fingerprint density at radius 3 is 2.56 bits per heavy atom. The van der Waals surface area contributed by atoms with Crippen molar-refractivity contribution in [1.82, 2.24) is 0 Å². The van der Waals surface area contributed by atoms with Crippen molar-refractivity contribution in [3.05, 3.63) is 35.4 Å². The van der Waals surface area contributed by atoms with Crippen LogP contribution in [0.1, 0.15) is 25.8 Å². The number of ether oxygens (including phenoxy) is 1. The van der Waals surface area contributed by atoms with Crippen LogP contribution in [0.25, 0.3) is 0 Å². The van der Waals surface area contributed by atoms with E-state index in [0.29, 0.717) is 0 Å². The van der Waals surface area contributed by atoms with Crippen LogP contribution in [0.4, 0.5) is 8.78 Å². The minimum Gasteiger partial charge on any atom is -0.465 e. The van der Waals surface area contributed by atoms with Gasteiger partial charge in [0.25, 0.3) is 0 Å². The van der Waals surface area contributed by atoms with Gasteiger partial charge in [0.05, 0.1) is 12.0 Å². The van der Waals surface area contributed by atoms with Gasteiger partial charge in [0.1, 0.15) is 0 Å². The van der Waals surface area contributed by atoms with E-state index in [1.165, 1.54) is 13.0 Å². The molecule has 0 radical (unpaired) electrons. The van der Waals surface area contributed by atoms with Gasteiger partial charge in [-0.1, -0.05) is 6.07 Å². The van der Waals surface area contributed by atoms with Crippen molar-refractivity contribution in [1.29, 1.82) is 0 Å². The van der Waals surface area contributed by atoms with Gasteiger partial charge in [0.15, 0.2) is 11.6 Å². The van der Waals surface area contributed by atoms with E-state index in [0.717, 1.165) is 12.1 Å². The van der Waals surface area contributed by atoms with Gasteiger partial charge in [0.2, 0.25) is 0 Å². The molecule has 1 N–H and O–H groups in total. The first-order chi connectivity index (χ1) is 8.45. The number of hydrogen-bond acceptors (Lipinski definition) is 3. The molecular formula is C13H16F2O3. The summed E-state index contributed by atoms with van der Waals surface area (Å²) in [7, 11) is 0. The molecule has 0 amide bonds. The zero-order valence-corrected chi connectivity index (χ0v) is 10.4. The van der Waals surface area contributed by atoms with Gasteiger partial charge >= 0.3 is 5.97 Å². The Kier molecular flexibility index (Phi) is 4.78. The summed E-state index contributed by atoms with van der Waals surface area (Å²) in [5, 5.41) is 9.03. The molecule has 0 spiro atoms. The summed E-state index contributed by atoms with van der Waals surface area (Å²) in [6.07, 6.45) is 0.0803.